The minimum Gasteiger partial charge on any atom is -0.490 e. The van der Waals surface area contributed by atoms with Gasteiger partial charge in [0.05, 0.1) is 6.61 Å². The third kappa shape index (κ3) is 8.10. The van der Waals surface area contributed by atoms with E-state index in [1.54, 1.807) is 12.1 Å². The van der Waals surface area contributed by atoms with Gasteiger partial charge in [-0.25, -0.2) is 4.39 Å². The van der Waals surface area contributed by atoms with Gasteiger partial charge in [-0.05, 0) is 30.0 Å². The summed E-state index contributed by atoms with van der Waals surface area (Å²) in [6, 6.07) is 5.03. The molecule has 0 aliphatic rings. The van der Waals surface area contributed by atoms with E-state index in [4.69, 9.17) is 4.74 Å². The zero-order valence-electron chi connectivity index (χ0n) is 13.0. The molecule has 0 aromatic heterocycles. The molecule has 18 heavy (non-hydrogen) atoms. The lowest BCUT2D eigenvalue weighted by atomic mass is 10.1. The summed E-state index contributed by atoms with van der Waals surface area (Å²) in [5, 5.41) is 0. The monoisotopic (exact) mass is 256 g/mol. The number of hydrogen-bond acceptors (Lipinski definition) is 1. The predicted octanol–water partition coefficient (Wildman–Crippen LogP) is 5.48. The van der Waals surface area contributed by atoms with Crippen LogP contribution in [-0.2, 0) is 6.42 Å². The smallest absolute Gasteiger partial charge is 0.165 e. The standard InChI is InChI=1S/C12H17FO.2C2H6/c1-4-10-5-6-11(13)12(7-10)14-8-9(2)3;2*1-2/h5-7,9H,4,8H2,1-3H3;2*1-2H3. The number of hydrogen-bond donors (Lipinski definition) is 0. The Labute approximate surface area is 112 Å². The van der Waals surface area contributed by atoms with Gasteiger partial charge in [-0.15, -0.1) is 0 Å². The maximum Gasteiger partial charge on any atom is 0.165 e. The van der Waals surface area contributed by atoms with Gasteiger partial charge in [-0.3, -0.25) is 0 Å². The van der Waals surface area contributed by atoms with Crippen molar-refractivity contribution in [2.75, 3.05) is 6.61 Å². The Bertz CT molecular complexity index is 295. The van der Waals surface area contributed by atoms with Gasteiger partial charge < -0.3 is 4.74 Å². The second-order valence-electron chi connectivity index (χ2n) is 3.82. The molecule has 2 heteroatoms. The maximum atomic E-state index is 13.2. The van der Waals surface area contributed by atoms with Crippen LogP contribution in [0.4, 0.5) is 4.39 Å². The molecular weight excluding hydrogens is 227 g/mol. The van der Waals surface area contributed by atoms with Gasteiger partial charge in [-0.1, -0.05) is 54.5 Å². The van der Waals surface area contributed by atoms with Gasteiger partial charge in [-0.2, -0.15) is 0 Å². The second-order valence-corrected chi connectivity index (χ2v) is 3.82. The van der Waals surface area contributed by atoms with E-state index in [1.807, 2.05) is 48.5 Å². The lowest BCUT2D eigenvalue weighted by Crippen LogP contribution is -2.05. The molecule has 0 N–H and O–H groups in total. The van der Waals surface area contributed by atoms with Gasteiger partial charge in [0, 0.05) is 0 Å². The first-order valence-corrected chi connectivity index (χ1v) is 7.04. The van der Waals surface area contributed by atoms with Gasteiger partial charge in [0.2, 0.25) is 0 Å². The van der Waals surface area contributed by atoms with Crippen molar-refractivity contribution in [1.29, 1.82) is 0 Å². The van der Waals surface area contributed by atoms with Crippen LogP contribution in [0, 0.1) is 11.7 Å². The molecule has 0 atom stereocenters. The zero-order chi connectivity index (χ0) is 14.6. The van der Waals surface area contributed by atoms with E-state index >= 15 is 0 Å². The SMILES string of the molecule is CC.CC.CCc1ccc(F)c(OCC(C)C)c1. The van der Waals surface area contributed by atoms with Crippen molar-refractivity contribution < 1.29 is 9.13 Å². The molecule has 0 amide bonds. The third-order valence-corrected chi connectivity index (χ3v) is 1.98. The fourth-order valence-corrected chi connectivity index (χ4v) is 1.13. The van der Waals surface area contributed by atoms with Crippen LogP contribution >= 0.6 is 0 Å². The highest BCUT2D eigenvalue weighted by Crippen LogP contribution is 2.19. The Morgan fingerprint density at radius 2 is 1.67 bits per heavy atom. The first-order chi connectivity index (χ1) is 8.63. The third-order valence-electron chi connectivity index (χ3n) is 1.98. The van der Waals surface area contributed by atoms with E-state index in [0.717, 1.165) is 12.0 Å². The normalized spacial score (nSPS) is 8.94. The highest BCUT2D eigenvalue weighted by molar-refractivity contribution is 5.30. The molecule has 0 saturated heterocycles. The fraction of sp³-hybridized carbons (Fsp3) is 0.625. The van der Waals surface area contributed by atoms with Crippen LogP contribution in [0.5, 0.6) is 5.75 Å². The second kappa shape index (κ2) is 12.4. The van der Waals surface area contributed by atoms with Crippen molar-refractivity contribution in [3.63, 3.8) is 0 Å². The summed E-state index contributed by atoms with van der Waals surface area (Å²) in [6.45, 7) is 14.7. The number of halogens is 1. The number of aryl methyl sites for hydroxylation is 1. The van der Waals surface area contributed by atoms with E-state index in [1.165, 1.54) is 6.07 Å². The van der Waals surface area contributed by atoms with Crippen LogP contribution in [0.1, 0.15) is 54.0 Å². The van der Waals surface area contributed by atoms with Gasteiger partial charge in [0.1, 0.15) is 0 Å². The summed E-state index contributed by atoms with van der Waals surface area (Å²) in [7, 11) is 0. The van der Waals surface area contributed by atoms with E-state index in [9.17, 15) is 4.39 Å². The Morgan fingerprint density at radius 3 is 2.11 bits per heavy atom. The highest BCUT2D eigenvalue weighted by Gasteiger charge is 2.04. The number of benzene rings is 1. The fourth-order valence-electron chi connectivity index (χ4n) is 1.13. The molecule has 0 radical (unpaired) electrons. The van der Waals surface area contributed by atoms with Crippen LogP contribution < -0.4 is 4.74 Å². The van der Waals surface area contributed by atoms with Crippen molar-refractivity contribution >= 4 is 0 Å². The summed E-state index contributed by atoms with van der Waals surface area (Å²) >= 11 is 0. The van der Waals surface area contributed by atoms with Crippen LogP contribution in [-0.4, -0.2) is 6.61 Å². The number of rotatable bonds is 4. The summed E-state index contributed by atoms with van der Waals surface area (Å²) in [4.78, 5) is 0. The summed E-state index contributed by atoms with van der Waals surface area (Å²) in [5.74, 6) is 0.514. The summed E-state index contributed by atoms with van der Waals surface area (Å²) < 4.78 is 18.6. The molecule has 106 valence electrons. The molecule has 0 aliphatic carbocycles. The lowest BCUT2D eigenvalue weighted by molar-refractivity contribution is 0.259. The molecule has 0 unspecified atom stereocenters. The molecule has 1 aromatic carbocycles. The van der Waals surface area contributed by atoms with Crippen LogP contribution in [0.3, 0.4) is 0 Å². The Hall–Kier alpha value is -1.05. The molecule has 1 nitrogen and oxygen atoms in total. The average Bonchev–Trinajstić information content (AvgIpc) is 2.42. The molecule has 1 aromatic rings. The summed E-state index contributed by atoms with van der Waals surface area (Å²) in [5.41, 5.74) is 1.10. The average molecular weight is 256 g/mol. The molecule has 0 heterocycles. The first-order valence-electron chi connectivity index (χ1n) is 7.04. The molecule has 0 spiro atoms. The van der Waals surface area contributed by atoms with Crippen molar-refractivity contribution in [3.8, 4) is 5.75 Å². The first kappa shape index (κ1) is 19.3. The quantitative estimate of drug-likeness (QED) is 0.693. The number of ether oxygens (including phenoxy) is 1. The van der Waals surface area contributed by atoms with Crippen molar-refractivity contribution in [2.45, 2.75) is 54.9 Å². The molecule has 0 bridgehead atoms. The minimum absolute atomic E-state index is 0.275. The Morgan fingerprint density at radius 1 is 1.11 bits per heavy atom. The Balaban J connectivity index is 0. The molecule has 1 rings (SSSR count). The molecule has 0 fully saturated rings. The summed E-state index contributed by atoms with van der Waals surface area (Å²) in [6.07, 6.45) is 0.901. The van der Waals surface area contributed by atoms with E-state index in [0.29, 0.717) is 18.3 Å². The van der Waals surface area contributed by atoms with E-state index in [-0.39, 0.29) is 5.82 Å². The van der Waals surface area contributed by atoms with Crippen molar-refractivity contribution in [1.82, 2.24) is 0 Å². The molecule has 0 aliphatic heterocycles. The van der Waals surface area contributed by atoms with Gasteiger partial charge in [0.25, 0.3) is 0 Å². The topological polar surface area (TPSA) is 9.23 Å². The molecule has 0 saturated carbocycles. The Kier molecular flexibility index (Phi) is 13.3. The maximum absolute atomic E-state index is 13.2. The highest BCUT2D eigenvalue weighted by atomic mass is 19.1. The van der Waals surface area contributed by atoms with Crippen molar-refractivity contribution in [2.24, 2.45) is 5.92 Å². The largest absolute Gasteiger partial charge is 0.490 e. The lowest BCUT2D eigenvalue weighted by Gasteiger charge is -2.10. The minimum atomic E-state index is -0.275. The van der Waals surface area contributed by atoms with Crippen LogP contribution in [0.25, 0.3) is 0 Å². The van der Waals surface area contributed by atoms with Gasteiger partial charge in [0.15, 0.2) is 11.6 Å². The molecular formula is C16H29FO. The van der Waals surface area contributed by atoms with Gasteiger partial charge >= 0.3 is 0 Å². The van der Waals surface area contributed by atoms with Crippen molar-refractivity contribution in [3.05, 3.63) is 29.6 Å². The van der Waals surface area contributed by atoms with Crippen LogP contribution in [0.15, 0.2) is 18.2 Å². The van der Waals surface area contributed by atoms with E-state index in [2.05, 4.69) is 0 Å². The zero-order valence-corrected chi connectivity index (χ0v) is 13.0. The van der Waals surface area contributed by atoms with Crippen LogP contribution in [0.2, 0.25) is 0 Å². The van der Waals surface area contributed by atoms with E-state index < -0.39 is 0 Å². The predicted molar refractivity (Wildman–Crippen MR) is 78.8 cm³/mol.